The molecule has 1 atom stereocenters. The van der Waals surface area contributed by atoms with Crippen LogP contribution in [0.1, 0.15) is 48.9 Å². The van der Waals surface area contributed by atoms with E-state index in [0.29, 0.717) is 12.6 Å². The van der Waals surface area contributed by atoms with Gasteiger partial charge in [-0.15, -0.1) is 0 Å². The molecule has 1 aromatic heterocycles. The van der Waals surface area contributed by atoms with E-state index in [1.807, 2.05) is 27.8 Å². The van der Waals surface area contributed by atoms with Crippen LogP contribution in [0.15, 0.2) is 46.1 Å². The van der Waals surface area contributed by atoms with Crippen LogP contribution in [-0.2, 0) is 0 Å². The fourth-order valence-corrected chi connectivity index (χ4v) is 5.36. The second-order valence-electron chi connectivity index (χ2n) is 8.14. The summed E-state index contributed by atoms with van der Waals surface area (Å²) < 4.78 is 0. The Hall–Kier alpha value is -2.34. The lowest BCUT2D eigenvalue weighted by Gasteiger charge is -2.47. The summed E-state index contributed by atoms with van der Waals surface area (Å²) in [5.74, 6) is 1.14. The van der Waals surface area contributed by atoms with E-state index in [2.05, 4.69) is 28.8 Å². The average molecular weight is 395 g/mol. The van der Waals surface area contributed by atoms with Gasteiger partial charge >= 0.3 is 0 Å². The van der Waals surface area contributed by atoms with Crippen LogP contribution in [0.25, 0.3) is 0 Å². The number of piperidine rings is 1. The van der Waals surface area contributed by atoms with Gasteiger partial charge in [-0.3, -0.25) is 9.79 Å². The lowest BCUT2D eigenvalue weighted by molar-refractivity contribution is 0.0695. The minimum atomic E-state index is -0.332. The number of amidine groups is 1. The van der Waals surface area contributed by atoms with Crippen LogP contribution in [0, 0.1) is 0 Å². The maximum atomic E-state index is 13.0. The molecule has 3 aliphatic rings. The Morgan fingerprint density at radius 1 is 1.14 bits per heavy atom. The van der Waals surface area contributed by atoms with E-state index in [4.69, 9.17) is 4.99 Å². The number of rotatable bonds is 2. The van der Waals surface area contributed by atoms with Gasteiger partial charge < -0.3 is 15.5 Å². The molecule has 1 saturated carbocycles. The third kappa shape index (κ3) is 3.20. The highest BCUT2D eigenvalue weighted by Crippen LogP contribution is 2.37. The first-order valence-corrected chi connectivity index (χ1v) is 11.2. The first kappa shape index (κ1) is 17.7. The Morgan fingerprint density at radius 3 is 2.75 bits per heavy atom. The maximum absolute atomic E-state index is 13.0. The third-order valence-electron chi connectivity index (χ3n) is 6.19. The summed E-state index contributed by atoms with van der Waals surface area (Å²) in [7, 11) is 0. The van der Waals surface area contributed by atoms with Gasteiger partial charge in [0, 0.05) is 11.9 Å². The largest absolute Gasteiger partial charge is 0.370 e. The van der Waals surface area contributed by atoms with Crippen molar-refractivity contribution in [1.29, 1.82) is 0 Å². The minimum absolute atomic E-state index is 0.126. The van der Waals surface area contributed by atoms with E-state index in [0.717, 1.165) is 42.2 Å². The standard InChI is InChI=1S/C22H26N4OS/c27-20(16-10-13-28-14-16)26-12-5-11-22(15-26)21(23-17-6-1-2-7-17)24-18-8-3-4-9-19(18)25-22/h3-4,8-10,13-14,17,25H,1-2,5-7,11-12,15H2,(H,23,24)/t22-/m0/s1. The molecule has 1 aliphatic carbocycles. The number of nitrogens with one attached hydrogen (secondary N) is 2. The second-order valence-corrected chi connectivity index (χ2v) is 8.92. The van der Waals surface area contributed by atoms with E-state index in [-0.39, 0.29) is 11.4 Å². The number of benzene rings is 1. The molecule has 3 heterocycles. The molecule has 28 heavy (non-hydrogen) atoms. The van der Waals surface area contributed by atoms with Crippen molar-refractivity contribution in [2.24, 2.45) is 4.99 Å². The number of anilines is 2. The Morgan fingerprint density at radius 2 is 1.96 bits per heavy atom. The fourth-order valence-electron chi connectivity index (χ4n) is 4.73. The van der Waals surface area contributed by atoms with Crippen LogP contribution >= 0.6 is 11.3 Å². The number of para-hydroxylation sites is 2. The summed E-state index contributed by atoms with van der Waals surface area (Å²) in [4.78, 5) is 20.2. The van der Waals surface area contributed by atoms with E-state index in [9.17, 15) is 4.79 Å². The molecule has 2 fully saturated rings. The zero-order chi connectivity index (χ0) is 19.0. The monoisotopic (exact) mass is 394 g/mol. The molecule has 1 aromatic carbocycles. The summed E-state index contributed by atoms with van der Waals surface area (Å²) in [6.07, 6.45) is 6.81. The molecule has 0 radical (unpaired) electrons. The lowest BCUT2D eigenvalue weighted by atomic mass is 9.84. The van der Waals surface area contributed by atoms with Gasteiger partial charge in [-0.2, -0.15) is 11.3 Å². The Bertz CT molecular complexity index is 888. The summed E-state index contributed by atoms with van der Waals surface area (Å²) >= 11 is 1.57. The number of hydrogen-bond acceptors (Lipinski definition) is 4. The number of carbonyl (C=O) groups is 1. The highest BCUT2D eigenvalue weighted by molar-refractivity contribution is 7.08. The van der Waals surface area contributed by atoms with Crippen molar-refractivity contribution in [3.63, 3.8) is 0 Å². The van der Waals surface area contributed by atoms with E-state index < -0.39 is 0 Å². The quantitative estimate of drug-likeness (QED) is 0.783. The number of amides is 1. The van der Waals surface area contributed by atoms with Crippen LogP contribution in [-0.4, -0.2) is 41.3 Å². The van der Waals surface area contributed by atoms with Crippen LogP contribution in [0.2, 0.25) is 0 Å². The maximum Gasteiger partial charge on any atom is 0.254 e. The summed E-state index contributed by atoms with van der Waals surface area (Å²) in [5.41, 5.74) is 2.63. The van der Waals surface area contributed by atoms with Gasteiger partial charge in [0.25, 0.3) is 5.91 Å². The molecular weight excluding hydrogens is 368 g/mol. The topological polar surface area (TPSA) is 56.7 Å². The molecule has 0 unspecified atom stereocenters. The van der Waals surface area contributed by atoms with E-state index in [1.165, 1.54) is 25.7 Å². The molecule has 146 valence electrons. The highest BCUT2D eigenvalue weighted by atomic mass is 32.1. The number of thiophene rings is 1. The minimum Gasteiger partial charge on any atom is -0.370 e. The second kappa shape index (κ2) is 7.24. The van der Waals surface area contributed by atoms with Gasteiger partial charge in [-0.05, 0) is 49.3 Å². The molecule has 0 bridgehead atoms. The normalized spacial score (nSPS) is 26.1. The highest BCUT2D eigenvalue weighted by Gasteiger charge is 2.45. The van der Waals surface area contributed by atoms with Gasteiger partial charge in [0.05, 0.1) is 29.5 Å². The third-order valence-corrected chi connectivity index (χ3v) is 6.87. The smallest absolute Gasteiger partial charge is 0.254 e. The number of fused-ring (bicyclic) bond motifs is 1. The zero-order valence-corrected chi connectivity index (χ0v) is 16.8. The summed E-state index contributed by atoms with van der Waals surface area (Å²) in [6.45, 7) is 1.45. The number of nitrogens with zero attached hydrogens (tertiary/aromatic N) is 2. The van der Waals surface area contributed by atoms with Crippen molar-refractivity contribution in [3.05, 3.63) is 46.7 Å². The van der Waals surface area contributed by atoms with Crippen molar-refractivity contribution in [2.45, 2.75) is 50.1 Å². The molecule has 2 N–H and O–H groups in total. The van der Waals surface area contributed by atoms with Crippen molar-refractivity contribution in [3.8, 4) is 0 Å². The fraction of sp³-hybridized carbons (Fsp3) is 0.455. The number of hydrogen-bond donors (Lipinski definition) is 2. The van der Waals surface area contributed by atoms with Crippen LogP contribution in [0.4, 0.5) is 11.4 Å². The summed E-state index contributed by atoms with van der Waals surface area (Å²) in [5, 5.41) is 11.3. The van der Waals surface area contributed by atoms with Crippen LogP contribution in [0.3, 0.4) is 0 Å². The Labute approximate surface area is 169 Å². The summed E-state index contributed by atoms with van der Waals surface area (Å²) in [6, 6.07) is 10.6. The first-order valence-electron chi connectivity index (χ1n) is 10.3. The SMILES string of the molecule is O=C(c1ccsc1)N1CCC[C@@]2(C1)Nc1ccccc1NC2=NC1CCCC1. The van der Waals surface area contributed by atoms with Gasteiger partial charge in [-0.25, -0.2) is 0 Å². The number of aliphatic imine (C=N–C) groups is 1. The van der Waals surface area contributed by atoms with E-state index >= 15 is 0 Å². The zero-order valence-electron chi connectivity index (χ0n) is 16.0. The van der Waals surface area contributed by atoms with Crippen molar-refractivity contribution < 1.29 is 4.79 Å². The average Bonchev–Trinajstić information content (AvgIpc) is 3.42. The number of carbonyl (C=O) groups excluding carboxylic acids is 1. The van der Waals surface area contributed by atoms with E-state index in [1.54, 1.807) is 11.3 Å². The molecule has 5 nitrogen and oxygen atoms in total. The molecule has 1 spiro atoms. The van der Waals surface area contributed by atoms with Crippen molar-refractivity contribution in [1.82, 2.24) is 4.90 Å². The lowest BCUT2D eigenvalue weighted by Crippen LogP contribution is -2.62. The molecule has 2 aromatic rings. The predicted octanol–water partition coefficient (Wildman–Crippen LogP) is 4.60. The molecule has 5 rings (SSSR count). The molecule has 1 amide bonds. The molecule has 1 saturated heterocycles. The van der Waals surface area contributed by atoms with Gasteiger partial charge in [0.2, 0.25) is 0 Å². The van der Waals surface area contributed by atoms with Crippen molar-refractivity contribution >= 4 is 34.5 Å². The van der Waals surface area contributed by atoms with Gasteiger partial charge in [0.15, 0.2) is 0 Å². The number of likely N-dealkylation sites (tertiary alicyclic amines) is 1. The molecule has 2 aliphatic heterocycles. The molecular formula is C22H26N4OS. The van der Waals surface area contributed by atoms with Crippen molar-refractivity contribution in [2.75, 3.05) is 23.7 Å². The first-order chi connectivity index (χ1) is 13.7. The Balaban J connectivity index is 1.49. The molecule has 6 heteroatoms. The van der Waals surface area contributed by atoms with Gasteiger partial charge in [-0.1, -0.05) is 25.0 Å². The Kier molecular flexibility index (Phi) is 4.59. The predicted molar refractivity (Wildman–Crippen MR) is 116 cm³/mol. The van der Waals surface area contributed by atoms with Crippen LogP contribution in [0.5, 0.6) is 0 Å². The van der Waals surface area contributed by atoms with Gasteiger partial charge in [0.1, 0.15) is 11.4 Å². The van der Waals surface area contributed by atoms with Crippen LogP contribution < -0.4 is 10.6 Å².